The zero-order valence-corrected chi connectivity index (χ0v) is 20.1. The molecule has 34 heavy (non-hydrogen) atoms. The van der Waals surface area contributed by atoms with E-state index in [0.29, 0.717) is 21.5 Å². The smallest absolute Gasteiger partial charge is 0.362 e. The van der Waals surface area contributed by atoms with Gasteiger partial charge in [0.05, 0.1) is 38.6 Å². The van der Waals surface area contributed by atoms with E-state index in [1.807, 2.05) is 30.3 Å². The number of aryl methyl sites for hydroxylation is 1. The van der Waals surface area contributed by atoms with Gasteiger partial charge < -0.3 is 24.0 Å². The lowest BCUT2D eigenvalue weighted by atomic mass is 10.1. The van der Waals surface area contributed by atoms with Gasteiger partial charge in [0.15, 0.2) is 13.1 Å². The minimum atomic E-state index is -0.566. The largest absolute Gasteiger partial charge is 0.497 e. The molecule has 1 fully saturated rings. The Kier molecular flexibility index (Phi) is 8.65. The van der Waals surface area contributed by atoms with Crippen molar-refractivity contribution >= 4 is 23.5 Å². The third-order valence-electron chi connectivity index (χ3n) is 6.17. The van der Waals surface area contributed by atoms with E-state index in [4.69, 9.17) is 14.2 Å². The number of esters is 2. The Balaban J connectivity index is 1.72. The third-order valence-corrected chi connectivity index (χ3v) is 6.17. The molecule has 0 radical (unpaired) electrons. The molecule has 8 heteroatoms. The first-order valence-electron chi connectivity index (χ1n) is 11.5. The minimum Gasteiger partial charge on any atom is -0.497 e. The maximum absolute atomic E-state index is 13.2. The molecular weight excluding hydrogens is 436 g/mol. The molecule has 2 aromatic carbocycles. The SMILES string of the molecule is COC(=O)c1cc(OC)cc(C)c1NC(=O)C[N+]1(CC(=O)OCc2ccccc2)CCCCC1. The number of hydrogen-bond donors (Lipinski definition) is 1. The van der Waals surface area contributed by atoms with Gasteiger partial charge in [0.1, 0.15) is 12.4 Å². The van der Waals surface area contributed by atoms with Crippen LogP contribution >= 0.6 is 0 Å². The molecule has 0 spiro atoms. The van der Waals surface area contributed by atoms with Gasteiger partial charge >= 0.3 is 11.9 Å². The van der Waals surface area contributed by atoms with Crippen LogP contribution in [0.25, 0.3) is 0 Å². The molecule has 1 N–H and O–H groups in total. The predicted octanol–water partition coefficient (Wildman–Crippen LogP) is 3.47. The molecular formula is C26H33N2O6+. The van der Waals surface area contributed by atoms with Crippen molar-refractivity contribution in [1.82, 2.24) is 0 Å². The van der Waals surface area contributed by atoms with Crippen LogP contribution < -0.4 is 10.1 Å². The van der Waals surface area contributed by atoms with E-state index < -0.39 is 5.97 Å². The number of quaternary nitrogens is 1. The fraction of sp³-hybridized carbons (Fsp3) is 0.423. The molecule has 1 aliphatic rings. The Morgan fingerprint density at radius 3 is 2.32 bits per heavy atom. The summed E-state index contributed by atoms with van der Waals surface area (Å²) >= 11 is 0. The van der Waals surface area contributed by atoms with Crippen molar-refractivity contribution < 1.29 is 33.1 Å². The molecule has 1 aliphatic heterocycles. The molecule has 0 saturated carbocycles. The number of amides is 1. The molecule has 1 heterocycles. The average molecular weight is 470 g/mol. The van der Waals surface area contributed by atoms with Crippen LogP contribution in [0.15, 0.2) is 42.5 Å². The molecule has 2 aromatic rings. The first-order chi connectivity index (χ1) is 16.4. The van der Waals surface area contributed by atoms with E-state index in [9.17, 15) is 14.4 Å². The summed E-state index contributed by atoms with van der Waals surface area (Å²) in [5.74, 6) is -0.661. The van der Waals surface area contributed by atoms with Crippen LogP contribution in [0.5, 0.6) is 5.75 Å². The summed E-state index contributed by atoms with van der Waals surface area (Å²) in [5, 5.41) is 2.89. The predicted molar refractivity (Wildman–Crippen MR) is 128 cm³/mol. The van der Waals surface area contributed by atoms with Gasteiger partial charge in [-0.1, -0.05) is 30.3 Å². The summed E-state index contributed by atoms with van der Waals surface area (Å²) in [7, 11) is 2.80. The van der Waals surface area contributed by atoms with Gasteiger partial charge in [-0.15, -0.1) is 0 Å². The number of benzene rings is 2. The molecule has 0 aliphatic carbocycles. The van der Waals surface area contributed by atoms with Crippen LogP contribution in [-0.2, 0) is 25.7 Å². The van der Waals surface area contributed by atoms with Crippen molar-refractivity contribution in [2.24, 2.45) is 0 Å². The van der Waals surface area contributed by atoms with Gasteiger partial charge in [0.25, 0.3) is 5.91 Å². The molecule has 0 bridgehead atoms. The van der Waals surface area contributed by atoms with E-state index in [2.05, 4.69) is 5.32 Å². The Labute approximate surface area is 200 Å². The van der Waals surface area contributed by atoms with Crippen LogP contribution in [0.4, 0.5) is 5.69 Å². The number of nitrogens with one attached hydrogen (secondary N) is 1. The first kappa shape index (κ1) is 25.2. The summed E-state index contributed by atoms with van der Waals surface area (Å²) in [4.78, 5) is 38.2. The third kappa shape index (κ3) is 6.57. The molecule has 182 valence electrons. The van der Waals surface area contributed by atoms with Crippen LogP contribution in [0.1, 0.15) is 40.7 Å². The summed E-state index contributed by atoms with van der Waals surface area (Å²) in [6, 6.07) is 12.8. The number of methoxy groups -OCH3 is 2. The van der Waals surface area contributed by atoms with Gasteiger partial charge in [0, 0.05) is 0 Å². The molecule has 8 nitrogen and oxygen atoms in total. The van der Waals surface area contributed by atoms with E-state index in [1.165, 1.54) is 14.2 Å². The molecule has 1 saturated heterocycles. The van der Waals surface area contributed by atoms with Crippen molar-refractivity contribution in [3.63, 3.8) is 0 Å². The minimum absolute atomic E-state index is 0.118. The molecule has 0 atom stereocenters. The Hall–Kier alpha value is -3.39. The summed E-state index contributed by atoms with van der Waals surface area (Å²) < 4.78 is 16.0. The van der Waals surface area contributed by atoms with Gasteiger partial charge in [0.2, 0.25) is 0 Å². The monoisotopic (exact) mass is 469 g/mol. The quantitative estimate of drug-likeness (QED) is 0.447. The lowest BCUT2D eigenvalue weighted by Crippen LogP contribution is -2.57. The highest BCUT2D eigenvalue weighted by molar-refractivity contribution is 6.03. The van der Waals surface area contributed by atoms with Crippen LogP contribution in [0.3, 0.4) is 0 Å². The average Bonchev–Trinajstić information content (AvgIpc) is 2.84. The normalized spacial score (nSPS) is 14.7. The fourth-order valence-electron chi connectivity index (χ4n) is 4.41. The van der Waals surface area contributed by atoms with Crippen molar-refractivity contribution in [3.8, 4) is 5.75 Å². The number of likely N-dealkylation sites (tertiary alicyclic amines) is 1. The van der Waals surface area contributed by atoms with Crippen LogP contribution in [0.2, 0.25) is 0 Å². The number of nitrogens with zero attached hydrogens (tertiary/aromatic N) is 1. The zero-order chi connectivity index (χ0) is 24.6. The van der Waals surface area contributed by atoms with Gasteiger partial charge in [-0.2, -0.15) is 0 Å². The number of anilines is 1. The topological polar surface area (TPSA) is 90.9 Å². The Morgan fingerprint density at radius 1 is 0.971 bits per heavy atom. The summed E-state index contributed by atoms with van der Waals surface area (Å²) in [6.07, 6.45) is 2.95. The maximum atomic E-state index is 13.2. The van der Waals surface area contributed by atoms with E-state index in [1.54, 1.807) is 19.1 Å². The number of hydrogen-bond acceptors (Lipinski definition) is 6. The molecule has 0 aromatic heterocycles. The summed E-state index contributed by atoms with van der Waals surface area (Å²) in [5.41, 5.74) is 2.21. The number of rotatable bonds is 9. The van der Waals surface area contributed by atoms with Gasteiger partial charge in [-0.25, -0.2) is 9.59 Å². The molecule has 3 rings (SSSR count). The zero-order valence-electron chi connectivity index (χ0n) is 20.1. The van der Waals surface area contributed by atoms with Gasteiger partial charge in [-0.3, -0.25) is 4.79 Å². The Bertz CT molecular complexity index is 1020. The van der Waals surface area contributed by atoms with Crippen molar-refractivity contribution in [2.45, 2.75) is 32.8 Å². The standard InChI is InChI=1S/C26H32N2O6/c1-19-14-21(32-2)15-22(26(31)33-3)25(19)27-23(29)16-28(12-8-5-9-13-28)17-24(30)34-18-20-10-6-4-7-11-20/h4,6-7,10-11,14-15H,5,8-9,12-13,16-18H2,1-3H3/p+1. The summed E-state index contributed by atoms with van der Waals surface area (Å²) in [6.45, 7) is 3.69. The second kappa shape index (κ2) is 11.7. The highest BCUT2D eigenvalue weighted by atomic mass is 16.5. The lowest BCUT2D eigenvalue weighted by molar-refractivity contribution is -0.918. The number of carbonyl (C=O) groups excluding carboxylic acids is 3. The number of ether oxygens (including phenoxy) is 3. The number of carbonyl (C=O) groups is 3. The first-order valence-corrected chi connectivity index (χ1v) is 11.5. The van der Waals surface area contributed by atoms with Crippen LogP contribution in [0, 0.1) is 6.92 Å². The van der Waals surface area contributed by atoms with Gasteiger partial charge in [-0.05, 0) is 49.4 Å². The van der Waals surface area contributed by atoms with Crippen molar-refractivity contribution in [2.75, 3.05) is 45.7 Å². The molecule has 0 unspecified atom stereocenters. The van der Waals surface area contributed by atoms with E-state index in [-0.39, 0.29) is 37.1 Å². The highest BCUT2D eigenvalue weighted by Gasteiger charge is 2.36. The fourth-order valence-corrected chi connectivity index (χ4v) is 4.41. The molecule has 1 amide bonds. The lowest BCUT2D eigenvalue weighted by Gasteiger charge is -2.40. The van der Waals surface area contributed by atoms with Crippen LogP contribution in [-0.4, -0.2) is 62.7 Å². The Morgan fingerprint density at radius 2 is 1.68 bits per heavy atom. The van der Waals surface area contributed by atoms with E-state index >= 15 is 0 Å². The second-order valence-corrected chi connectivity index (χ2v) is 8.72. The van der Waals surface area contributed by atoms with Crippen molar-refractivity contribution in [3.05, 3.63) is 59.2 Å². The highest BCUT2D eigenvalue weighted by Crippen LogP contribution is 2.28. The van der Waals surface area contributed by atoms with E-state index in [0.717, 1.165) is 37.9 Å². The number of piperidine rings is 1. The second-order valence-electron chi connectivity index (χ2n) is 8.72. The van der Waals surface area contributed by atoms with Crippen molar-refractivity contribution in [1.29, 1.82) is 0 Å². The maximum Gasteiger partial charge on any atom is 0.362 e.